The highest BCUT2D eigenvalue weighted by Gasteiger charge is 2.33. The van der Waals surface area contributed by atoms with Crippen molar-refractivity contribution < 1.29 is 19.6 Å². The lowest BCUT2D eigenvalue weighted by Gasteiger charge is -2.21. The molecule has 2 aliphatic rings. The quantitative estimate of drug-likeness (QED) is 0.555. The lowest BCUT2D eigenvalue weighted by Crippen LogP contribution is -2.37. The van der Waals surface area contributed by atoms with Crippen LogP contribution in [0.4, 0.5) is 17.1 Å². The Morgan fingerprint density at radius 1 is 1.52 bits per heavy atom. The van der Waals surface area contributed by atoms with E-state index in [0.29, 0.717) is 24.3 Å². The van der Waals surface area contributed by atoms with Gasteiger partial charge in [0.1, 0.15) is 11.3 Å². The molecular weight excluding hydrogens is 278 g/mol. The Labute approximate surface area is 120 Å². The van der Waals surface area contributed by atoms with Crippen LogP contribution in [-0.2, 0) is 16.0 Å². The summed E-state index contributed by atoms with van der Waals surface area (Å²) in [5, 5.41) is 26.9. The van der Waals surface area contributed by atoms with Crippen LogP contribution in [0.2, 0.25) is 0 Å². The summed E-state index contributed by atoms with van der Waals surface area (Å²) in [5.74, 6) is -0.181. The highest BCUT2D eigenvalue weighted by Crippen LogP contribution is 2.35. The van der Waals surface area contributed by atoms with Crippen molar-refractivity contribution >= 4 is 23.0 Å². The van der Waals surface area contributed by atoms with E-state index in [1.807, 2.05) is 0 Å². The van der Waals surface area contributed by atoms with Crippen LogP contribution in [0.25, 0.3) is 0 Å². The number of hydrogen-bond acceptors (Lipinski definition) is 6. The van der Waals surface area contributed by atoms with Gasteiger partial charge in [-0.05, 0) is 11.6 Å². The summed E-state index contributed by atoms with van der Waals surface area (Å²) in [6.07, 6.45) is 0.629. The second-order valence-electron chi connectivity index (χ2n) is 5.39. The van der Waals surface area contributed by atoms with Gasteiger partial charge in [0.15, 0.2) is 0 Å². The van der Waals surface area contributed by atoms with E-state index >= 15 is 0 Å². The number of carbonyl (C=O) groups excluding carboxylic acids is 1. The van der Waals surface area contributed by atoms with Crippen LogP contribution in [0, 0.1) is 10.1 Å². The van der Waals surface area contributed by atoms with Gasteiger partial charge in [-0.25, -0.2) is 0 Å². The minimum Gasteiger partial charge on any atom is -0.386 e. The standard InChI is InChI=1S/C13H15N3O5/c17-12-4-8-3-11(16(19)20)10(5-9(8)15-12)14-6-13(18)1-2-21-7-13/h3,5,14,18H,1-2,4,6-7H2,(H,15,17). The van der Waals surface area contributed by atoms with Crippen LogP contribution >= 0.6 is 0 Å². The second-order valence-corrected chi connectivity index (χ2v) is 5.39. The smallest absolute Gasteiger partial charge is 0.292 e. The summed E-state index contributed by atoms with van der Waals surface area (Å²) in [6, 6.07) is 2.93. The van der Waals surface area contributed by atoms with Gasteiger partial charge in [0, 0.05) is 31.3 Å². The fourth-order valence-electron chi connectivity index (χ4n) is 2.55. The van der Waals surface area contributed by atoms with Crippen molar-refractivity contribution in [2.24, 2.45) is 0 Å². The third-order valence-corrected chi connectivity index (χ3v) is 3.73. The number of ether oxygens (including phenoxy) is 1. The van der Waals surface area contributed by atoms with Crippen molar-refractivity contribution in [2.75, 3.05) is 30.4 Å². The average molecular weight is 293 g/mol. The summed E-state index contributed by atoms with van der Waals surface area (Å²) >= 11 is 0. The van der Waals surface area contributed by atoms with E-state index in [1.165, 1.54) is 12.1 Å². The van der Waals surface area contributed by atoms with Crippen molar-refractivity contribution in [3.63, 3.8) is 0 Å². The van der Waals surface area contributed by atoms with E-state index in [1.54, 1.807) is 0 Å². The molecule has 21 heavy (non-hydrogen) atoms. The number of aliphatic hydroxyl groups is 1. The molecule has 0 saturated carbocycles. The minimum absolute atomic E-state index is 0.104. The molecule has 0 bridgehead atoms. The fourth-order valence-corrected chi connectivity index (χ4v) is 2.55. The number of rotatable bonds is 4. The first-order valence-electron chi connectivity index (χ1n) is 6.62. The molecule has 0 spiro atoms. The number of fused-ring (bicyclic) bond motifs is 1. The molecule has 2 heterocycles. The summed E-state index contributed by atoms with van der Waals surface area (Å²) in [6.45, 7) is 0.830. The topological polar surface area (TPSA) is 114 Å². The zero-order valence-corrected chi connectivity index (χ0v) is 11.2. The van der Waals surface area contributed by atoms with Crippen molar-refractivity contribution in [3.8, 4) is 0 Å². The molecule has 0 radical (unpaired) electrons. The van der Waals surface area contributed by atoms with Gasteiger partial charge in [0.25, 0.3) is 5.69 Å². The summed E-state index contributed by atoms with van der Waals surface area (Å²) in [4.78, 5) is 22.0. The van der Waals surface area contributed by atoms with Crippen molar-refractivity contribution in [1.82, 2.24) is 0 Å². The summed E-state index contributed by atoms with van der Waals surface area (Å²) in [5.41, 5.74) is 0.341. The first kappa shape index (κ1) is 13.8. The van der Waals surface area contributed by atoms with Crippen LogP contribution in [0.5, 0.6) is 0 Å². The van der Waals surface area contributed by atoms with Gasteiger partial charge in [-0.1, -0.05) is 0 Å². The molecule has 1 fully saturated rings. The van der Waals surface area contributed by atoms with Gasteiger partial charge >= 0.3 is 0 Å². The van der Waals surface area contributed by atoms with Gasteiger partial charge in [-0.3, -0.25) is 14.9 Å². The Kier molecular flexibility index (Phi) is 3.26. The third kappa shape index (κ3) is 2.67. The highest BCUT2D eigenvalue weighted by atomic mass is 16.6. The number of nitrogens with zero attached hydrogens (tertiary/aromatic N) is 1. The van der Waals surface area contributed by atoms with Gasteiger partial charge < -0.3 is 20.5 Å². The molecule has 3 rings (SSSR count). The highest BCUT2D eigenvalue weighted by molar-refractivity contribution is 6.00. The lowest BCUT2D eigenvalue weighted by molar-refractivity contribution is -0.384. The van der Waals surface area contributed by atoms with Crippen LogP contribution in [0.1, 0.15) is 12.0 Å². The fraction of sp³-hybridized carbons (Fsp3) is 0.462. The molecule has 1 atom stereocenters. The molecular formula is C13H15N3O5. The normalized spacial score (nSPS) is 23.8. The Hall–Kier alpha value is -2.19. The minimum atomic E-state index is -1.02. The number of carbonyl (C=O) groups is 1. The number of nitrogens with one attached hydrogen (secondary N) is 2. The second kappa shape index (κ2) is 4.97. The molecule has 8 nitrogen and oxygen atoms in total. The molecule has 0 aliphatic carbocycles. The summed E-state index contributed by atoms with van der Waals surface area (Å²) in [7, 11) is 0. The van der Waals surface area contributed by atoms with E-state index in [-0.39, 0.29) is 36.9 Å². The number of hydrogen-bond donors (Lipinski definition) is 3. The Morgan fingerprint density at radius 2 is 2.33 bits per heavy atom. The van der Waals surface area contributed by atoms with Crippen molar-refractivity contribution in [2.45, 2.75) is 18.4 Å². The predicted molar refractivity (Wildman–Crippen MR) is 74.3 cm³/mol. The van der Waals surface area contributed by atoms with Crippen LogP contribution < -0.4 is 10.6 Å². The van der Waals surface area contributed by atoms with Gasteiger partial charge in [0.05, 0.1) is 18.0 Å². The van der Waals surface area contributed by atoms with Crippen molar-refractivity contribution in [1.29, 1.82) is 0 Å². The molecule has 1 amide bonds. The number of amides is 1. The molecule has 1 saturated heterocycles. The Morgan fingerprint density at radius 3 is 3.00 bits per heavy atom. The molecule has 1 unspecified atom stereocenters. The van der Waals surface area contributed by atoms with Crippen LogP contribution in [0.3, 0.4) is 0 Å². The first-order valence-corrected chi connectivity index (χ1v) is 6.62. The maximum Gasteiger partial charge on any atom is 0.292 e. The van der Waals surface area contributed by atoms with Gasteiger partial charge in [-0.15, -0.1) is 0 Å². The van der Waals surface area contributed by atoms with Crippen LogP contribution in [0.15, 0.2) is 12.1 Å². The molecule has 0 aromatic heterocycles. The molecule has 1 aromatic rings. The monoisotopic (exact) mass is 293 g/mol. The molecule has 8 heteroatoms. The predicted octanol–water partition coefficient (Wildman–Crippen LogP) is 0.653. The molecule has 2 aliphatic heterocycles. The van der Waals surface area contributed by atoms with Crippen LogP contribution in [-0.4, -0.2) is 41.3 Å². The Balaban J connectivity index is 1.85. The maximum absolute atomic E-state index is 11.4. The van der Waals surface area contributed by atoms with E-state index in [9.17, 15) is 20.0 Å². The van der Waals surface area contributed by atoms with Crippen molar-refractivity contribution in [3.05, 3.63) is 27.8 Å². The molecule has 1 aromatic carbocycles. The molecule has 3 N–H and O–H groups in total. The number of nitro groups is 1. The van der Waals surface area contributed by atoms with E-state index in [2.05, 4.69) is 10.6 Å². The SMILES string of the molecule is O=C1Cc2cc([N+](=O)[O-])c(NCC3(O)CCOC3)cc2N1. The summed E-state index contributed by atoms with van der Waals surface area (Å²) < 4.78 is 5.13. The lowest BCUT2D eigenvalue weighted by atomic mass is 10.0. The number of nitro benzene ring substituents is 1. The maximum atomic E-state index is 11.4. The van der Waals surface area contributed by atoms with E-state index in [0.717, 1.165) is 0 Å². The van der Waals surface area contributed by atoms with E-state index in [4.69, 9.17) is 4.74 Å². The van der Waals surface area contributed by atoms with E-state index < -0.39 is 10.5 Å². The Bertz CT molecular complexity index is 610. The molecule has 112 valence electrons. The van der Waals surface area contributed by atoms with Gasteiger partial charge in [-0.2, -0.15) is 0 Å². The number of anilines is 2. The number of benzene rings is 1. The largest absolute Gasteiger partial charge is 0.386 e. The average Bonchev–Trinajstić information content (AvgIpc) is 3.00. The third-order valence-electron chi connectivity index (χ3n) is 3.73. The first-order chi connectivity index (χ1) is 9.97. The zero-order chi connectivity index (χ0) is 15.0. The van der Waals surface area contributed by atoms with Gasteiger partial charge in [0.2, 0.25) is 5.91 Å². The zero-order valence-electron chi connectivity index (χ0n) is 11.2.